The average Bonchev–Trinajstić information content (AvgIpc) is 3.23. The molecule has 2 aromatic carbocycles. The molecule has 30 heavy (non-hydrogen) atoms. The number of aromatic nitrogens is 4. The minimum atomic E-state index is -0.330. The predicted molar refractivity (Wildman–Crippen MR) is 119 cm³/mol. The summed E-state index contributed by atoms with van der Waals surface area (Å²) in [6.45, 7) is 3.51. The van der Waals surface area contributed by atoms with E-state index in [1.165, 1.54) is 23.0 Å². The highest BCUT2D eigenvalue weighted by Crippen LogP contribution is 2.31. The van der Waals surface area contributed by atoms with Crippen LogP contribution in [0.5, 0.6) is 0 Å². The van der Waals surface area contributed by atoms with Gasteiger partial charge in [-0.3, -0.25) is 0 Å². The molecule has 2 aromatic heterocycles. The Morgan fingerprint density at radius 2 is 1.57 bits per heavy atom. The number of thioether (sulfide) groups is 1. The molecule has 0 aliphatic carbocycles. The zero-order valence-corrected chi connectivity index (χ0v) is 17.4. The Labute approximate surface area is 178 Å². The standard InChI is InChI=1S/C22H21FN6S/c1-30-20-9-5-4-8-19(20)27-10-12-28(13-11-27)21-16-14-26-29(22(16)25-15-24-21)18-7-3-2-6-17(18)23/h2-9,14-15H,10-13H2,1H3. The largest absolute Gasteiger partial charge is 0.367 e. The van der Waals surface area contributed by atoms with E-state index < -0.39 is 0 Å². The van der Waals surface area contributed by atoms with Crippen molar-refractivity contribution < 1.29 is 4.39 Å². The Bertz CT molecular complexity index is 1190. The number of hydrogen-bond donors (Lipinski definition) is 0. The van der Waals surface area contributed by atoms with E-state index in [2.05, 4.69) is 55.4 Å². The van der Waals surface area contributed by atoms with Crippen molar-refractivity contribution in [2.75, 3.05) is 42.2 Å². The summed E-state index contributed by atoms with van der Waals surface area (Å²) in [6, 6.07) is 15.1. The number of halogens is 1. The summed E-state index contributed by atoms with van der Waals surface area (Å²) < 4.78 is 15.8. The zero-order valence-electron chi connectivity index (χ0n) is 16.6. The molecule has 1 saturated heterocycles. The van der Waals surface area contributed by atoms with E-state index in [0.717, 1.165) is 37.4 Å². The third-order valence-electron chi connectivity index (χ3n) is 5.43. The first kappa shape index (κ1) is 18.9. The molecule has 8 heteroatoms. The highest BCUT2D eigenvalue weighted by atomic mass is 32.2. The topological polar surface area (TPSA) is 50.1 Å². The SMILES string of the molecule is CSc1ccccc1N1CCN(c2ncnc3c2cnn3-c2ccccc2F)CC1. The number of para-hydroxylation sites is 2. The molecule has 3 heterocycles. The van der Waals surface area contributed by atoms with Gasteiger partial charge in [0.05, 0.1) is 17.3 Å². The van der Waals surface area contributed by atoms with Crippen LogP contribution in [0.3, 0.4) is 0 Å². The highest BCUT2D eigenvalue weighted by molar-refractivity contribution is 7.98. The van der Waals surface area contributed by atoms with Crippen LogP contribution in [0.4, 0.5) is 15.9 Å². The summed E-state index contributed by atoms with van der Waals surface area (Å²) in [4.78, 5) is 14.9. The predicted octanol–water partition coefficient (Wildman–Crippen LogP) is 4.00. The molecule has 0 unspecified atom stereocenters. The highest BCUT2D eigenvalue weighted by Gasteiger charge is 2.23. The summed E-state index contributed by atoms with van der Waals surface area (Å²) >= 11 is 1.77. The van der Waals surface area contributed by atoms with E-state index in [4.69, 9.17) is 0 Å². The molecule has 1 aliphatic heterocycles. The Hall–Kier alpha value is -3.13. The van der Waals surface area contributed by atoms with Crippen LogP contribution in [0, 0.1) is 5.82 Å². The van der Waals surface area contributed by atoms with Gasteiger partial charge >= 0.3 is 0 Å². The number of nitrogens with zero attached hydrogens (tertiary/aromatic N) is 6. The van der Waals surface area contributed by atoms with Crippen LogP contribution in [0.25, 0.3) is 16.7 Å². The third-order valence-corrected chi connectivity index (χ3v) is 6.22. The minimum absolute atomic E-state index is 0.330. The van der Waals surface area contributed by atoms with Crippen LogP contribution in [0.15, 0.2) is 66.0 Å². The van der Waals surface area contributed by atoms with Crippen molar-refractivity contribution in [3.63, 3.8) is 0 Å². The molecular weight excluding hydrogens is 399 g/mol. The van der Waals surface area contributed by atoms with Crippen molar-refractivity contribution in [2.45, 2.75) is 4.90 Å². The average molecular weight is 421 g/mol. The first-order valence-corrected chi connectivity index (χ1v) is 11.1. The molecule has 0 atom stereocenters. The van der Waals surface area contributed by atoms with Gasteiger partial charge in [-0.1, -0.05) is 24.3 Å². The molecule has 1 fully saturated rings. The first-order valence-electron chi connectivity index (χ1n) is 9.83. The van der Waals surface area contributed by atoms with Crippen LogP contribution in [-0.4, -0.2) is 52.2 Å². The van der Waals surface area contributed by atoms with Gasteiger partial charge in [0.15, 0.2) is 5.65 Å². The van der Waals surface area contributed by atoms with E-state index >= 15 is 0 Å². The van der Waals surface area contributed by atoms with Gasteiger partial charge in [-0.05, 0) is 30.5 Å². The Balaban J connectivity index is 1.42. The molecule has 0 N–H and O–H groups in total. The fraction of sp³-hybridized carbons (Fsp3) is 0.227. The van der Waals surface area contributed by atoms with Crippen molar-refractivity contribution in [3.05, 3.63) is 66.9 Å². The molecule has 0 radical (unpaired) electrons. The van der Waals surface area contributed by atoms with Gasteiger partial charge in [0.2, 0.25) is 0 Å². The Morgan fingerprint density at radius 1 is 0.867 bits per heavy atom. The van der Waals surface area contributed by atoms with Crippen LogP contribution in [-0.2, 0) is 0 Å². The fourth-order valence-corrected chi connectivity index (χ4v) is 4.55. The van der Waals surface area contributed by atoms with Gasteiger partial charge in [-0.15, -0.1) is 11.8 Å². The van der Waals surface area contributed by atoms with Crippen molar-refractivity contribution in [1.29, 1.82) is 0 Å². The lowest BCUT2D eigenvalue weighted by Gasteiger charge is -2.37. The number of piperazine rings is 1. The molecule has 0 saturated carbocycles. The lowest BCUT2D eigenvalue weighted by Crippen LogP contribution is -2.47. The Kier molecular flexibility index (Phi) is 5.00. The molecule has 6 nitrogen and oxygen atoms in total. The van der Waals surface area contributed by atoms with Crippen molar-refractivity contribution in [1.82, 2.24) is 19.7 Å². The van der Waals surface area contributed by atoms with Crippen molar-refractivity contribution in [3.8, 4) is 5.69 Å². The fourth-order valence-electron chi connectivity index (χ4n) is 3.93. The van der Waals surface area contributed by atoms with E-state index in [1.807, 2.05) is 0 Å². The van der Waals surface area contributed by atoms with E-state index in [0.29, 0.717) is 11.3 Å². The van der Waals surface area contributed by atoms with E-state index in [1.54, 1.807) is 40.8 Å². The van der Waals surface area contributed by atoms with Gasteiger partial charge < -0.3 is 9.80 Å². The first-order chi connectivity index (χ1) is 14.8. The number of hydrogen-bond acceptors (Lipinski definition) is 6. The monoisotopic (exact) mass is 420 g/mol. The minimum Gasteiger partial charge on any atom is -0.367 e. The molecular formula is C22H21FN6S. The second kappa shape index (κ2) is 7.95. The molecule has 5 rings (SSSR count). The second-order valence-electron chi connectivity index (χ2n) is 7.09. The molecule has 4 aromatic rings. The van der Waals surface area contributed by atoms with Crippen molar-refractivity contribution in [2.24, 2.45) is 0 Å². The van der Waals surface area contributed by atoms with E-state index in [9.17, 15) is 4.39 Å². The maximum Gasteiger partial charge on any atom is 0.168 e. The third kappa shape index (κ3) is 3.27. The zero-order chi connectivity index (χ0) is 20.5. The maximum atomic E-state index is 14.3. The Morgan fingerprint density at radius 3 is 2.33 bits per heavy atom. The number of anilines is 2. The van der Waals surface area contributed by atoms with E-state index in [-0.39, 0.29) is 5.82 Å². The summed E-state index contributed by atoms with van der Waals surface area (Å²) in [6.07, 6.45) is 5.37. The van der Waals surface area contributed by atoms with Crippen LogP contribution in [0.1, 0.15) is 0 Å². The normalized spacial score (nSPS) is 14.5. The summed E-state index contributed by atoms with van der Waals surface area (Å²) in [5, 5.41) is 5.23. The molecule has 152 valence electrons. The van der Waals surface area contributed by atoms with Gasteiger partial charge in [-0.25, -0.2) is 19.0 Å². The molecule has 0 amide bonds. The number of rotatable bonds is 4. The lowest BCUT2D eigenvalue weighted by atomic mass is 10.2. The van der Waals surface area contributed by atoms with Gasteiger partial charge in [-0.2, -0.15) is 5.10 Å². The van der Waals surface area contributed by atoms with Crippen LogP contribution >= 0.6 is 11.8 Å². The van der Waals surface area contributed by atoms with Crippen molar-refractivity contribution >= 4 is 34.3 Å². The van der Waals surface area contributed by atoms with Gasteiger partial charge in [0.25, 0.3) is 0 Å². The quantitative estimate of drug-likeness (QED) is 0.465. The van der Waals surface area contributed by atoms with Crippen LogP contribution < -0.4 is 9.80 Å². The van der Waals surface area contributed by atoms with Gasteiger partial charge in [0.1, 0.15) is 23.6 Å². The molecule has 0 bridgehead atoms. The number of benzene rings is 2. The summed E-state index contributed by atoms with van der Waals surface area (Å²) in [7, 11) is 0. The van der Waals surface area contributed by atoms with Crippen LogP contribution in [0.2, 0.25) is 0 Å². The molecule has 0 spiro atoms. The second-order valence-corrected chi connectivity index (χ2v) is 7.94. The maximum absolute atomic E-state index is 14.3. The smallest absolute Gasteiger partial charge is 0.168 e. The summed E-state index contributed by atoms with van der Waals surface area (Å²) in [5.74, 6) is 0.518. The van der Waals surface area contributed by atoms with Gasteiger partial charge in [0, 0.05) is 31.1 Å². The molecule has 1 aliphatic rings. The lowest BCUT2D eigenvalue weighted by molar-refractivity contribution is 0.612. The number of fused-ring (bicyclic) bond motifs is 1. The summed E-state index contributed by atoms with van der Waals surface area (Å²) in [5.41, 5.74) is 2.28.